The van der Waals surface area contributed by atoms with Gasteiger partial charge in [0.25, 0.3) is 0 Å². The lowest BCUT2D eigenvalue weighted by Crippen LogP contribution is -2.11. The van der Waals surface area contributed by atoms with Gasteiger partial charge in [-0.1, -0.05) is 24.3 Å². The zero-order valence-electron chi connectivity index (χ0n) is 12.4. The molecule has 1 aromatic heterocycles. The highest BCUT2D eigenvalue weighted by Gasteiger charge is 2.12. The van der Waals surface area contributed by atoms with Crippen LogP contribution in [0.1, 0.15) is 23.7 Å². The number of hydrogen-bond acceptors (Lipinski definition) is 6. The molecule has 6 nitrogen and oxygen atoms in total. The van der Waals surface area contributed by atoms with Gasteiger partial charge in [0.1, 0.15) is 6.42 Å². The maximum Gasteiger partial charge on any atom is 0.313 e. The van der Waals surface area contributed by atoms with Gasteiger partial charge >= 0.3 is 5.97 Å². The third-order valence-electron chi connectivity index (χ3n) is 2.96. The number of rotatable bonds is 6. The van der Waals surface area contributed by atoms with E-state index >= 15 is 0 Å². The molecule has 0 fully saturated rings. The number of methoxy groups -OCH3 is 1. The minimum Gasteiger partial charge on any atom is -0.480 e. The van der Waals surface area contributed by atoms with Crippen molar-refractivity contribution in [2.45, 2.75) is 13.3 Å². The number of ether oxygens (including phenoxy) is 2. The third kappa shape index (κ3) is 3.88. The molecular formula is C16H16N2O4. The summed E-state index contributed by atoms with van der Waals surface area (Å²) in [4.78, 5) is 23.2. The highest BCUT2D eigenvalue weighted by Crippen LogP contribution is 2.19. The van der Waals surface area contributed by atoms with Crippen molar-refractivity contribution in [3.05, 3.63) is 42.0 Å². The first-order valence-electron chi connectivity index (χ1n) is 6.81. The Labute approximate surface area is 128 Å². The molecule has 0 saturated carbocycles. The van der Waals surface area contributed by atoms with Gasteiger partial charge in [-0.25, -0.2) is 0 Å². The fourth-order valence-corrected chi connectivity index (χ4v) is 1.85. The number of hydrogen-bond donors (Lipinski definition) is 0. The Kier molecular flexibility index (Phi) is 5.19. The normalized spacial score (nSPS) is 10.1. The number of Topliss-reactive ketones (excluding diaryl/α,β-unsaturated/α-hetero) is 1. The van der Waals surface area contributed by atoms with Crippen molar-refractivity contribution >= 4 is 11.8 Å². The van der Waals surface area contributed by atoms with E-state index in [4.69, 9.17) is 9.47 Å². The molecule has 2 rings (SSSR count). The molecule has 0 atom stereocenters. The van der Waals surface area contributed by atoms with Gasteiger partial charge in [-0.2, -0.15) is 0 Å². The van der Waals surface area contributed by atoms with Crippen molar-refractivity contribution in [2.75, 3.05) is 13.7 Å². The van der Waals surface area contributed by atoms with E-state index in [-0.39, 0.29) is 18.8 Å². The Morgan fingerprint density at radius 3 is 2.32 bits per heavy atom. The molecule has 0 radical (unpaired) electrons. The molecule has 0 unspecified atom stereocenters. The number of ketones is 1. The standard InChI is InChI=1S/C16H16N2O4/c1-3-22-16(20)10-14(19)12-6-4-11(5-7-12)13-8-9-15(21-2)18-17-13/h4-9H,3,10H2,1-2H3. The van der Waals surface area contributed by atoms with Crippen LogP contribution in [0.5, 0.6) is 5.88 Å². The molecule has 0 saturated heterocycles. The van der Waals surface area contributed by atoms with Crippen molar-refractivity contribution in [3.63, 3.8) is 0 Å². The second-order valence-electron chi connectivity index (χ2n) is 4.44. The minimum atomic E-state index is -0.516. The van der Waals surface area contributed by atoms with E-state index in [0.717, 1.165) is 5.56 Å². The highest BCUT2D eigenvalue weighted by atomic mass is 16.5. The molecule has 0 spiro atoms. The second kappa shape index (κ2) is 7.31. The van der Waals surface area contributed by atoms with E-state index in [0.29, 0.717) is 17.1 Å². The SMILES string of the molecule is CCOC(=O)CC(=O)c1ccc(-c2ccc(OC)nn2)cc1. The van der Waals surface area contributed by atoms with Crippen molar-refractivity contribution in [1.29, 1.82) is 0 Å². The molecule has 22 heavy (non-hydrogen) atoms. The average molecular weight is 300 g/mol. The van der Waals surface area contributed by atoms with E-state index < -0.39 is 5.97 Å². The first-order valence-corrected chi connectivity index (χ1v) is 6.81. The molecule has 0 N–H and O–H groups in total. The number of nitrogens with zero attached hydrogens (tertiary/aromatic N) is 2. The van der Waals surface area contributed by atoms with Crippen LogP contribution in [0.15, 0.2) is 36.4 Å². The summed E-state index contributed by atoms with van der Waals surface area (Å²) in [6, 6.07) is 10.3. The van der Waals surface area contributed by atoms with Crippen LogP contribution < -0.4 is 4.74 Å². The van der Waals surface area contributed by atoms with Gasteiger partial charge in [-0.3, -0.25) is 9.59 Å². The van der Waals surface area contributed by atoms with E-state index in [9.17, 15) is 9.59 Å². The summed E-state index contributed by atoms with van der Waals surface area (Å²) in [5.41, 5.74) is 1.95. The van der Waals surface area contributed by atoms with Crippen LogP contribution in [-0.4, -0.2) is 35.7 Å². The van der Waals surface area contributed by atoms with Crippen LogP contribution in [0, 0.1) is 0 Å². The van der Waals surface area contributed by atoms with Crippen LogP contribution in [0.2, 0.25) is 0 Å². The Morgan fingerprint density at radius 1 is 1.05 bits per heavy atom. The lowest BCUT2D eigenvalue weighted by Gasteiger charge is -2.04. The Balaban J connectivity index is 2.09. The number of benzene rings is 1. The molecule has 0 aliphatic carbocycles. The van der Waals surface area contributed by atoms with Gasteiger partial charge in [0.15, 0.2) is 5.78 Å². The average Bonchev–Trinajstić information content (AvgIpc) is 2.55. The van der Waals surface area contributed by atoms with Gasteiger partial charge < -0.3 is 9.47 Å². The smallest absolute Gasteiger partial charge is 0.313 e. The minimum absolute atomic E-state index is 0.254. The van der Waals surface area contributed by atoms with Gasteiger partial charge in [0.2, 0.25) is 5.88 Å². The Morgan fingerprint density at radius 2 is 1.77 bits per heavy atom. The first kappa shape index (κ1) is 15.6. The van der Waals surface area contributed by atoms with Crippen LogP contribution in [0.25, 0.3) is 11.3 Å². The first-order chi connectivity index (χ1) is 10.6. The summed E-state index contributed by atoms with van der Waals surface area (Å²) in [6.45, 7) is 1.97. The molecule has 1 heterocycles. The number of carbonyl (C=O) groups is 2. The fourth-order valence-electron chi connectivity index (χ4n) is 1.85. The Hall–Kier alpha value is -2.76. The van der Waals surface area contributed by atoms with E-state index in [1.54, 1.807) is 43.3 Å². The van der Waals surface area contributed by atoms with E-state index in [1.807, 2.05) is 0 Å². The summed E-state index contributed by atoms with van der Waals surface area (Å²) < 4.78 is 9.71. The fraction of sp³-hybridized carbons (Fsp3) is 0.250. The van der Waals surface area contributed by atoms with Crippen molar-refractivity contribution in [1.82, 2.24) is 10.2 Å². The van der Waals surface area contributed by atoms with Gasteiger partial charge in [-0.15, -0.1) is 10.2 Å². The molecule has 0 bridgehead atoms. The maximum absolute atomic E-state index is 11.9. The molecule has 6 heteroatoms. The van der Waals surface area contributed by atoms with E-state index in [2.05, 4.69) is 10.2 Å². The number of esters is 1. The van der Waals surface area contributed by atoms with Gasteiger partial charge in [-0.05, 0) is 13.0 Å². The quantitative estimate of drug-likeness (QED) is 0.462. The maximum atomic E-state index is 11.9. The second-order valence-corrected chi connectivity index (χ2v) is 4.44. The lowest BCUT2D eigenvalue weighted by atomic mass is 10.0. The predicted molar refractivity (Wildman–Crippen MR) is 79.6 cm³/mol. The zero-order chi connectivity index (χ0) is 15.9. The molecule has 0 amide bonds. The van der Waals surface area contributed by atoms with Crippen molar-refractivity contribution < 1.29 is 19.1 Å². The van der Waals surface area contributed by atoms with Gasteiger partial charge in [0, 0.05) is 17.2 Å². The number of carbonyl (C=O) groups excluding carboxylic acids is 2. The lowest BCUT2D eigenvalue weighted by molar-refractivity contribution is -0.141. The van der Waals surface area contributed by atoms with E-state index in [1.165, 1.54) is 7.11 Å². The number of aromatic nitrogens is 2. The summed E-state index contributed by atoms with van der Waals surface area (Å²) >= 11 is 0. The van der Waals surface area contributed by atoms with Crippen LogP contribution in [0.4, 0.5) is 0 Å². The largest absolute Gasteiger partial charge is 0.480 e. The zero-order valence-corrected chi connectivity index (χ0v) is 12.4. The monoisotopic (exact) mass is 300 g/mol. The van der Waals surface area contributed by atoms with Gasteiger partial charge in [0.05, 0.1) is 19.4 Å². The topological polar surface area (TPSA) is 78.4 Å². The molecule has 0 aliphatic rings. The molecule has 1 aromatic carbocycles. The molecular weight excluding hydrogens is 284 g/mol. The highest BCUT2D eigenvalue weighted by molar-refractivity contribution is 6.06. The molecule has 0 aliphatic heterocycles. The summed E-state index contributed by atoms with van der Waals surface area (Å²) in [7, 11) is 1.52. The van der Waals surface area contributed by atoms with Crippen LogP contribution >= 0.6 is 0 Å². The van der Waals surface area contributed by atoms with Crippen molar-refractivity contribution in [2.24, 2.45) is 0 Å². The summed E-state index contributed by atoms with van der Waals surface area (Å²) in [5, 5.41) is 7.92. The third-order valence-corrected chi connectivity index (χ3v) is 2.96. The predicted octanol–water partition coefficient (Wildman–Crippen LogP) is 2.29. The summed E-state index contributed by atoms with van der Waals surface area (Å²) in [5.74, 6) is -0.353. The van der Waals surface area contributed by atoms with Crippen LogP contribution in [0.3, 0.4) is 0 Å². The Bertz CT molecular complexity index is 651. The molecule has 114 valence electrons. The summed E-state index contributed by atoms with van der Waals surface area (Å²) in [6.07, 6.45) is -0.254. The van der Waals surface area contributed by atoms with Crippen LogP contribution in [-0.2, 0) is 9.53 Å². The molecule has 2 aromatic rings. The van der Waals surface area contributed by atoms with Crippen molar-refractivity contribution in [3.8, 4) is 17.1 Å².